The molecule has 0 saturated carbocycles. The molecule has 16 heavy (non-hydrogen) atoms. The van der Waals surface area contributed by atoms with Crippen molar-refractivity contribution in [3.05, 3.63) is 0 Å². The summed E-state index contributed by atoms with van der Waals surface area (Å²) in [6.07, 6.45) is 2.02. The van der Waals surface area contributed by atoms with Crippen molar-refractivity contribution in [2.75, 3.05) is 6.54 Å². The number of nitrogens with one attached hydrogen (secondary N) is 1. The topological polar surface area (TPSA) is 38.3 Å². The highest BCUT2D eigenvalue weighted by atomic mass is 16.6. The molecule has 2 atom stereocenters. The fourth-order valence-corrected chi connectivity index (χ4v) is 2.03. The van der Waals surface area contributed by atoms with E-state index in [2.05, 4.69) is 19.2 Å². The third-order valence-corrected chi connectivity index (χ3v) is 3.00. The number of esters is 1. The summed E-state index contributed by atoms with van der Waals surface area (Å²) in [6.45, 7) is 10.9. The fourth-order valence-electron chi connectivity index (χ4n) is 2.03. The monoisotopic (exact) mass is 227 g/mol. The van der Waals surface area contributed by atoms with Crippen LogP contribution in [0.2, 0.25) is 0 Å². The first-order valence-electron chi connectivity index (χ1n) is 6.26. The summed E-state index contributed by atoms with van der Waals surface area (Å²) in [5.74, 6) is 0.621. The van der Waals surface area contributed by atoms with Gasteiger partial charge in [0, 0.05) is 12.6 Å². The fraction of sp³-hybridized carbons (Fsp3) is 0.923. The minimum absolute atomic E-state index is 0.0363. The van der Waals surface area contributed by atoms with E-state index in [1.54, 1.807) is 0 Å². The van der Waals surface area contributed by atoms with Gasteiger partial charge in [0.2, 0.25) is 0 Å². The zero-order valence-corrected chi connectivity index (χ0v) is 11.2. The Bertz CT molecular complexity index is 235. The van der Waals surface area contributed by atoms with Crippen LogP contribution in [0.5, 0.6) is 0 Å². The molecule has 1 aliphatic heterocycles. The van der Waals surface area contributed by atoms with Crippen LogP contribution >= 0.6 is 0 Å². The Hall–Kier alpha value is -0.570. The zero-order chi connectivity index (χ0) is 12.3. The molecule has 3 heteroatoms. The lowest BCUT2D eigenvalue weighted by molar-refractivity contribution is -0.160. The number of hydrogen-bond acceptors (Lipinski definition) is 3. The van der Waals surface area contributed by atoms with Crippen LogP contribution in [0, 0.1) is 11.8 Å². The van der Waals surface area contributed by atoms with Crippen molar-refractivity contribution in [2.45, 2.75) is 59.1 Å². The van der Waals surface area contributed by atoms with Gasteiger partial charge in [0.15, 0.2) is 0 Å². The molecule has 1 rings (SSSR count). The van der Waals surface area contributed by atoms with Crippen LogP contribution in [-0.2, 0) is 9.53 Å². The molecule has 3 nitrogen and oxygen atoms in total. The summed E-state index contributed by atoms with van der Waals surface area (Å²) < 4.78 is 5.39. The minimum Gasteiger partial charge on any atom is -0.460 e. The Balaban J connectivity index is 2.39. The Kier molecular flexibility index (Phi) is 4.36. The second-order valence-electron chi connectivity index (χ2n) is 6.07. The molecule has 94 valence electrons. The molecule has 0 aliphatic carbocycles. The highest BCUT2D eigenvalue weighted by Gasteiger charge is 2.30. The van der Waals surface area contributed by atoms with Crippen molar-refractivity contribution in [1.82, 2.24) is 5.32 Å². The molecule has 0 unspecified atom stereocenters. The largest absolute Gasteiger partial charge is 0.460 e. The Morgan fingerprint density at radius 1 is 1.31 bits per heavy atom. The smallest absolute Gasteiger partial charge is 0.310 e. The summed E-state index contributed by atoms with van der Waals surface area (Å²) in [4.78, 5) is 11.8. The molecule has 1 N–H and O–H groups in total. The summed E-state index contributed by atoms with van der Waals surface area (Å²) in [6, 6.07) is 0.554. The van der Waals surface area contributed by atoms with Gasteiger partial charge in [0.05, 0.1) is 5.92 Å². The average molecular weight is 227 g/mol. The van der Waals surface area contributed by atoms with Gasteiger partial charge in [-0.25, -0.2) is 0 Å². The molecule has 1 saturated heterocycles. The van der Waals surface area contributed by atoms with Crippen molar-refractivity contribution in [3.63, 3.8) is 0 Å². The molecule has 0 amide bonds. The summed E-state index contributed by atoms with van der Waals surface area (Å²) >= 11 is 0. The summed E-state index contributed by atoms with van der Waals surface area (Å²) in [7, 11) is 0. The maximum absolute atomic E-state index is 11.8. The minimum atomic E-state index is -0.369. The van der Waals surface area contributed by atoms with Gasteiger partial charge in [-0.3, -0.25) is 4.79 Å². The number of carbonyl (C=O) groups is 1. The molecule has 0 aromatic heterocycles. The van der Waals surface area contributed by atoms with Crippen LogP contribution in [0.1, 0.15) is 47.5 Å². The third-order valence-electron chi connectivity index (χ3n) is 3.00. The predicted octanol–water partition coefficient (Wildman–Crippen LogP) is 2.35. The SMILES string of the molecule is CC(C)[C@@H]1CC[C@H](C(=O)OC(C)(C)C)CN1. The molecular weight excluding hydrogens is 202 g/mol. The van der Waals surface area contributed by atoms with E-state index in [-0.39, 0.29) is 17.5 Å². The highest BCUT2D eigenvalue weighted by molar-refractivity contribution is 5.73. The lowest BCUT2D eigenvalue weighted by atomic mass is 9.89. The second kappa shape index (κ2) is 5.17. The molecule has 1 fully saturated rings. The van der Waals surface area contributed by atoms with E-state index in [0.717, 1.165) is 19.4 Å². The van der Waals surface area contributed by atoms with Crippen LogP contribution in [0.15, 0.2) is 0 Å². The zero-order valence-electron chi connectivity index (χ0n) is 11.2. The standard InChI is InChI=1S/C13H25NO2/c1-9(2)11-7-6-10(8-14-11)12(15)16-13(3,4)5/h9-11,14H,6-8H2,1-5H3/t10-,11-/m0/s1. The lowest BCUT2D eigenvalue weighted by Gasteiger charge is -2.32. The van der Waals surface area contributed by atoms with Gasteiger partial charge in [0.25, 0.3) is 0 Å². The van der Waals surface area contributed by atoms with Crippen LogP contribution < -0.4 is 5.32 Å². The maximum Gasteiger partial charge on any atom is 0.310 e. The number of carbonyl (C=O) groups excluding carboxylic acids is 1. The van der Waals surface area contributed by atoms with Crippen molar-refractivity contribution in [3.8, 4) is 0 Å². The van der Waals surface area contributed by atoms with Crippen LogP contribution in [0.3, 0.4) is 0 Å². The van der Waals surface area contributed by atoms with Gasteiger partial charge in [0.1, 0.15) is 5.60 Å². The lowest BCUT2D eigenvalue weighted by Crippen LogP contribution is -2.45. The molecule has 1 aliphatic rings. The molecule has 0 aromatic carbocycles. The van der Waals surface area contributed by atoms with Crippen molar-refractivity contribution in [2.24, 2.45) is 11.8 Å². The number of hydrogen-bond donors (Lipinski definition) is 1. The first kappa shape index (κ1) is 13.5. The van der Waals surface area contributed by atoms with E-state index in [1.807, 2.05) is 20.8 Å². The molecule has 0 radical (unpaired) electrons. The van der Waals surface area contributed by atoms with Crippen LogP contribution in [-0.4, -0.2) is 24.2 Å². The average Bonchev–Trinajstić information content (AvgIpc) is 2.15. The van der Waals surface area contributed by atoms with Crippen molar-refractivity contribution < 1.29 is 9.53 Å². The molecule has 0 aromatic rings. The Morgan fingerprint density at radius 3 is 2.31 bits per heavy atom. The molecule has 1 heterocycles. The summed E-state index contributed by atoms with van der Waals surface area (Å²) in [5.41, 5.74) is -0.369. The van der Waals surface area contributed by atoms with Gasteiger partial charge < -0.3 is 10.1 Å². The van der Waals surface area contributed by atoms with Crippen LogP contribution in [0.25, 0.3) is 0 Å². The van der Waals surface area contributed by atoms with Crippen molar-refractivity contribution in [1.29, 1.82) is 0 Å². The van der Waals surface area contributed by atoms with E-state index in [0.29, 0.717) is 12.0 Å². The second-order valence-corrected chi connectivity index (χ2v) is 6.07. The molecule has 0 bridgehead atoms. The van der Waals surface area contributed by atoms with E-state index in [4.69, 9.17) is 4.74 Å². The molecular formula is C13H25NO2. The normalized spacial score (nSPS) is 26.9. The van der Waals surface area contributed by atoms with E-state index >= 15 is 0 Å². The van der Waals surface area contributed by atoms with Gasteiger partial charge in [-0.1, -0.05) is 13.8 Å². The van der Waals surface area contributed by atoms with Gasteiger partial charge in [-0.05, 0) is 39.5 Å². The van der Waals surface area contributed by atoms with E-state index in [1.165, 1.54) is 0 Å². The van der Waals surface area contributed by atoms with Gasteiger partial charge in [-0.2, -0.15) is 0 Å². The summed E-state index contributed by atoms with van der Waals surface area (Å²) in [5, 5.41) is 3.43. The maximum atomic E-state index is 11.8. The number of rotatable bonds is 2. The van der Waals surface area contributed by atoms with Gasteiger partial charge >= 0.3 is 5.97 Å². The van der Waals surface area contributed by atoms with E-state index in [9.17, 15) is 4.79 Å². The number of piperidine rings is 1. The van der Waals surface area contributed by atoms with E-state index < -0.39 is 0 Å². The number of ether oxygens (including phenoxy) is 1. The Morgan fingerprint density at radius 2 is 1.94 bits per heavy atom. The third kappa shape index (κ3) is 4.12. The van der Waals surface area contributed by atoms with Crippen LogP contribution in [0.4, 0.5) is 0 Å². The first-order valence-corrected chi connectivity index (χ1v) is 6.26. The first-order chi connectivity index (χ1) is 7.29. The van der Waals surface area contributed by atoms with Crippen molar-refractivity contribution >= 4 is 5.97 Å². The quantitative estimate of drug-likeness (QED) is 0.736. The highest BCUT2D eigenvalue weighted by Crippen LogP contribution is 2.21. The van der Waals surface area contributed by atoms with Gasteiger partial charge in [-0.15, -0.1) is 0 Å². The Labute approximate surface area is 98.9 Å². The molecule has 0 spiro atoms. The predicted molar refractivity (Wildman–Crippen MR) is 65.2 cm³/mol.